The zero-order valence-corrected chi connectivity index (χ0v) is 20.6. The number of rotatable bonds is 8. The third-order valence-corrected chi connectivity index (χ3v) is 6.77. The molecule has 0 aliphatic carbocycles. The summed E-state index contributed by atoms with van der Waals surface area (Å²) in [5.41, 5.74) is 3.24. The molecule has 0 radical (unpaired) electrons. The summed E-state index contributed by atoms with van der Waals surface area (Å²) in [6.07, 6.45) is 1.42. The fraction of sp³-hybridized carbons (Fsp3) is 0.185. The Kier molecular flexibility index (Phi) is 6.99. The number of hydrogen-bond donors (Lipinski definition) is 1. The Morgan fingerprint density at radius 3 is 2.50 bits per heavy atom. The third-order valence-electron chi connectivity index (χ3n) is 5.84. The minimum absolute atomic E-state index is 0.113. The molecule has 3 aromatic carbocycles. The fourth-order valence-electron chi connectivity index (χ4n) is 4.10. The van der Waals surface area contributed by atoms with E-state index in [4.69, 9.17) is 4.74 Å². The first kappa shape index (κ1) is 23.6. The van der Waals surface area contributed by atoms with E-state index < -0.39 is 0 Å². The van der Waals surface area contributed by atoms with Gasteiger partial charge in [0.25, 0.3) is 0 Å². The molecule has 1 N–H and O–H groups in total. The number of para-hydroxylation sites is 1. The van der Waals surface area contributed by atoms with Crippen LogP contribution >= 0.6 is 11.8 Å². The third kappa shape index (κ3) is 5.11. The highest BCUT2D eigenvalue weighted by Crippen LogP contribution is 2.29. The van der Waals surface area contributed by atoms with Gasteiger partial charge in [-0.05, 0) is 61.0 Å². The SMILES string of the molecule is COc1ccc(-c2nnc(SCC(=O)Nc3cccc(N4CCCC4=O)c3)n2-c2ccccc2)cc1. The molecule has 9 heteroatoms. The summed E-state index contributed by atoms with van der Waals surface area (Å²) >= 11 is 1.31. The van der Waals surface area contributed by atoms with Crippen molar-refractivity contribution in [2.45, 2.75) is 18.0 Å². The van der Waals surface area contributed by atoms with E-state index in [-0.39, 0.29) is 17.6 Å². The summed E-state index contributed by atoms with van der Waals surface area (Å²) in [6, 6.07) is 24.8. The van der Waals surface area contributed by atoms with Gasteiger partial charge in [-0.15, -0.1) is 10.2 Å². The first-order valence-corrected chi connectivity index (χ1v) is 12.6. The van der Waals surface area contributed by atoms with Crippen molar-refractivity contribution in [1.82, 2.24) is 14.8 Å². The van der Waals surface area contributed by atoms with Gasteiger partial charge in [-0.25, -0.2) is 0 Å². The lowest BCUT2D eigenvalue weighted by molar-refractivity contribution is -0.117. The van der Waals surface area contributed by atoms with E-state index in [0.717, 1.165) is 29.1 Å². The number of hydrogen-bond acceptors (Lipinski definition) is 6. The molecule has 1 aliphatic heterocycles. The van der Waals surface area contributed by atoms with Crippen LogP contribution in [0.1, 0.15) is 12.8 Å². The molecule has 4 aromatic rings. The van der Waals surface area contributed by atoms with Crippen molar-refractivity contribution in [2.24, 2.45) is 0 Å². The number of aromatic nitrogens is 3. The second-order valence-electron chi connectivity index (χ2n) is 8.24. The number of amides is 2. The molecule has 0 atom stereocenters. The van der Waals surface area contributed by atoms with Gasteiger partial charge in [0.15, 0.2) is 11.0 Å². The standard InChI is InChI=1S/C27H25N5O3S/c1-35-23-14-12-19(13-15-23)26-29-30-27(32(26)21-8-3-2-4-9-21)36-18-24(33)28-20-7-5-10-22(17-20)31-16-6-11-25(31)34/h2-5,7-10,12-15,17H,6,11,16,18H2,1H3,(H,28,33). The quantitative estimate of drug-likeness (QED) is 0.350. The van der Waals surface area contributed by atoms with Gasteiger partial charge in [0.1, 0.15) is 5.75 Å². The highest BCUT2D eigenvalue weighted by molar-refractivity contribution is 7.99. The minimum atomic E-state index is -0.168. The number of carbonyl (C=O) groups excluding carboxylic acids is 2. The van der Waals surface area contributed by atoms with E-state index in [1.807, 2.05) is 83.4 Å². The maximum absolute atomic E-state index is 12.8. The van der Waals surface area contributed by atoms with Gasteiger partial charge in [-0.3, -0.25) is 14.2 Å². The molecule has 2 amide bonds. The van der Waals surface area contributed by atoms with Gasteiger partial charge in [0.05, 0.1) is 12.9 Å². The molecule has 1 aromatic heterocycles. The molecular weight excluding hydrogens is 474 g/mol. The van der Waals surface area contributed by atoms with Crippen molar-refractivity contribution >= 4 is 35.0 Å². The van der Waals surface area contributed by atoms with Crippen molar-refractivity contribution in [2.75, 3.05) is 29.6 Å². The lowest BCUT2D eigenvalue weighted by Crippen LogP contribution is -2.23. The second-order valence-corrected chi connectivity index (χ2v) is 9.18. The molecule has 36 heavy (non-hydrogen) atoms. The molecule has 8 nitrogen and oxygen atoms in total. The van der Waals surface area contributed by atoms with Gasteiger partial charge in [-0.1, -0.05) is 36.0 Å². The van der Waals surface area contributed by atoms with Gasteiger partial charge in [-0.2, -0.15) is 0 Å². The highest BCUT2D eigenvalue weighted by atomic mass is 32.2. The lowest BCUT2D eigenvalue weighted by Gasteiger charge is -2.16. The van der Waals surface area contributed by atoms with Crippen LogP contribution in [0.15, 0.2) is 84.0 Å². The predicted octanol–water partition coefficient (Wildman–Crippen LogP) is 4.80. The molecule has 0 unspecified atom stereocenters. The van der Waals surface area contributed by atoms with Crippen LogP contribution in [-0.4, -0.2) is 46.0 Å². The predicted molar refractivity (Wildman–Crippen MR) is 141 cm³/mol. The average molecular weight is 500 g/mol. The Hall–Kier alpha value is -4.11. The number of carbonyl (C=O) groups is 2. The number of thioether (sulfide) groups is 1. The zero-order valence-electron chi connectivity index (χ0n) is 19.8. The number of ether oxygens (including phenoxy) is 1. The van der Waals surface area contributed by atoms with E-state index in [1.165, 1.54) is 11.8 Å². The van der Waals surface area contributed by atoms with E-state index in [1.54, 1.807) is 12.0 Å². The summed E-state index contributed by atoms with van der Waals surface area (Å²) in [7, 11) is 1.63. The molecule has 2 heterocycles. The van der Waals surface area contributed by atoms with Crippen molar-refractivity contribution in [3.8, 4) is 22.8 Å². The summed E-state index contributed by atoms with van der Waals surface area (Å²) < 4.78 is 7.21. The molecule has 1 fully saturated rings. The van der Waals surface area contributed by atoms with E-state index in [0.29, 0.717) is 29.6 Å². The van der Waals surface area contributed by atoms with E-state index >= 15 is 0 Å². The van der Waals surface area contributed by atoms with E-state index in [9.17, 15) is 9.59 Å². The van der Waals surface area contributed by atoms with Gasteiger partial charge in [0, 0.05) is 35.6 Å². The van der Waals surface area contributed by atoms with Crippen LogP contribution in [0.25, 0.3) is 17.1 Å². The summed E-state index contributed by atoms with van der Waals surface area (Å²) in [5.74, 6) is 1.53. The maximum atomic E-state index is 12.8. The van der Waals surface area contributed by atoms with Crippen LogP contribution in [0, 0.1) is 0 Å². The molecule has 182 valence electrons. The zero-order chi connectivity index (χ0) is 24.9. The topological polar surface area (TPSA) is 89.3 Å². The van der Waals surface area contributed by atoms with Crippen molar-refractivity contribution < 1.29 is 14.3 Å². The molecule has 1 saturated heterocycles. The van der Waals surface area contributed by atoms with Crippen LogP contribution in [0.5, 0.6) is 5.75 Å². The Labute approximate surface area is 213 Å². The first-order chi connectivity index (χ1) is 17.6. The van der Waals surface area contributed by atoms with Crippen LogP contribution in [-0.2, 0) is 9.59 Å². The largest absolute Gasteiger partial charge is 0.497 e. The van der Waals surface area contributed by atoms with Crippen molar-refractivity contribution in [3.63, 3.8) is 0 Å². The van der Waals surface area contributed by atoms with Crippen molar-refractivity contribution in [3.05, 3.63) is 78.9 Å². The number of anilines is 2. The molecular formula is C27H25N5O3S. The fourth-order valence-corrected chi connectivity index (χ4v) is 4.85. The number of methoxy groups -OCH3 is 1. The molecule has 1 aliphatic rings. The number of benzene rings is 3. The van der Waals surface area contributed by atoms with Crippen LogP contribution < -0.4 is 15.0 Å². The normalized spacial score (nSPS) is 13.1. The Bertz CT molecular complexity index is 1370. The molecule has 0 bridgehead atoms. The monoisotopic (exact) mass is 499 g/mol. The smallest absolute Gasteiger partial charge is 0.234 e. The van der Waals surface area contributed by atoms with Gasteiger partial charge < -0.3 is 15.0 Å². The van der Waals surface area contributed by atoms with E-state index in [2.05, 4.69) is 15.5 Å². The van der Waals surface area contributed by atoms with Crippen LogP contribution in [0.2, 0.25) is 0 Å². The van der Waals surface area contributed by atoms with Crippen LogP contribution in [0.3, 0.4) is 0 Å². The molecule has 5 rings (SSSR count). The lowest BCUT2D eigenvalue weighted by atomic mass is 10.2. The maximum Gasteiger partial charge on any atom is 0.234 e. The van der Waals surface area contributed by atoms with Crippen molar-refractivity contribution in [1.29, 1.82) is 0 Å². The van der Waals surface area contributed by atoms with Crippen LogP contribution in [0.4, 0.5) is 11.4 Å². The number of nitrogens with zero attached hydrogens (tertiary/aromatic N) is 4. The average Bonchev–Trinajstić information content (AvgIpc) is 3.54. The highest BCUT2D eigenvalue weighted by Gasteiger charge is 2.22. The summed E-state index contributed by atoms with van der Waals surface area (Å²) in [6.45, 7) is 0.706. The Morgan fingerprint density at radius 1 is 1.00 bits per heavy atom. The van der Waals surface area contributed by atoms with Gasteiger partial charge >= 0.3 is 0 Å². The number of nitrogens with one attached hydrogen (secondary N) is 1. The second kappa shape index (κ2) is 10.7. The minimum Gasteiger partial charge on any atom is -0.497 e. The molecule has 0 saturated carbocycles. The Morgan fingerprint density at radius 2 is 1.78 bits per heavy atom. The van der Waals surface area contributed by atoms with Gasteiger partial charge in [0.2, 0.25) is 11.8 Å². The Balaban J connectivity index is 1.33. The summed E-state index contributed by atoms with van der Waals surface area (Å²) in [5, 5.41) is 12.4. The summed E-state index contributed by atoms with van der Waals surface area (Å²) in [4.78, 5) is 26.6. The first-order valence-electron chi connectivity index (χ1n) is 11.6. The molecule has 0 spiro atoms.